The molecule has 0 saturated carbocycles. The molecule has 4 nitrogen and oxygen atoms in total. The van der Waals surface area contributed by atoms with Gasteiger partial charge in [0.1, 0.15) is 18.2 Å². The summed E-state index contributed by atoms with van der Waals surface area (Å²) in [7, 11) is 0. The molecule has 1 heterocycles. The summed E-state index contributed by atoms with van der Waals surface area (Å²) in [5.74, 6) is 0.107. The second-order valence-electron chi connectivity index (χ2n) is 6.70. The van der Waals surface area contributed by atoms with Gasteiger partial charge in [-0.3, -0.25) is 10.1 Å². The number of ether oxygens (including phenoxy) is 1. The number of nitrogens with two attached hydrogens (primary N) is 1. The predicted molar refractivity (Wildman–Crippen MR) is 106 cm³/mol. The first-order valence-electron chi connectivity index (χ1n) is 9.56. The third kappa shape index (κ3) is 6.36. The maximum atomic E-state index is 13.5. The third-order valence-corrected chi connectivity index (χ3v) is 4.62. The van der Waals surface area contributed by atoms with E-state index in [1.807, 2.05) is 24.3 Å². The Morgan fingerprint density at radius 1 is 1.11 bits per heavy atom. The molecule has 2 aromatic carbocycles. The van der Waals surface area contributed by atoms with Crippen LogP contribution in [-0.2, 0) is 11.4 Å². The zero-order chi connectivity index (χ0) is 19.6. The van der Waals surface area contributed by atoms with Crippen LogP contribution in [0.1, 0.15) is 56.7 Å². The van der Waals surface area contributed by atoms with Crippen LogP contribution in [-0.4, -0.2) is 11.9 Å². The van der Waals surface area contributed by atoms with Crippen LogP contribution in [0.25, 0.3) is 0 Å². The first-order valence-corrected chi connectivity index (χ1v) is 9.56. The minimum atomic E-state index is -0.308. The number of rotatable bonds is 6. The molecule has 2 unspecified atom stereocenters. The summed E-state index contributed by atoms with van der Waals surface area (Å²) in [6.07, 6.45) is 4.27. The van der Waals surface area contributed by atoms with Crippen molar-refractivity contribution in [1.82, 2.24) is 5.32 Å². The lowest BCUT2D eigenvalue weighted by Gasteiger charge is -2.13. The quantitative estimate of drug-likeness (QED) is 0.785. The van der Waals surface area contributed by atoms with Gasteiger partial charge in [0.15, 0.2) is 0 Å². The number of halogens is 1. The van der Waals surface area contributed by atoms with Crippen molar-refractivity contribution in [2.75, 3.05) is 0 Å². The molecule has 1 aliphatic heterocycles. The molecule has 1 aliphatic rings. The molecular formula is C22H29FN2O2. The first kappa shape index (κ1) is 20.9. The monoisotopic (exact) mass is 372 g/mol. The lowest BCUT2D eigenvalue weighted by atomic mass is 10.1. The number of unbranched alkanes of at least 4 members (excludes halogenated alkanes) is 1. The van der Waals surface area contributed by atoms with Gasteiger partial charge in [-0.05, 0) is 36.6 Å². The molecule has 1 amide bonds. The van der Waals surface area contributed by atoms with Gasteiger partial charge < -0.3 is 10.5 Å². The highest BCUT2D eigenvalue weighted by atomic mass is 19.1. The van der Waals surface area contributed by atoms with Crippen molar-refractivity contribution in [3.63, 3.8) is 0 Å². The molecule has 5 heteroatoms. The molecule has 2 aromatic rings. The van der Waals surface area contributed by atoms with Crippen LogP contribution in [0, 0.1) is 5.82 Å². The predicted octanol–water partition coefficient (Wildman–Crippen LogP) is 4.49. The Balaban J connectivity index is 0.000000596. The Bertz CT molecular complexity index is 717. The minimum absolute atomic E-state index is 0.133. The van der Waals surface area contributed by atoms with Crippen molar-refractivity contribution in [1.29, 1.82) is 0 Å². The van der Waals surface area contributed by atoms with Crippen LogP contribution in [0.5, 0.6) is 5.75 Å². The van der Waals surface area contributed by atoms with Gasteiger partial charge in [0.2, 0.25) is 5.91 Å². The Morgan fingerprint density at radius 3 is 2.33 bits per heavy atom. The fraction of sp³-hybridized carbons (Fsp3) is 0.409. The third-order valence-electron chi connectivity index (χ3n) is 4.62. The summed E-state index contributed by atoms with van der Waals surface area (Å²) >= 11 is 0. The zero-order valence-corrected chi connectivity index (χ0v) is 16.1. The van der Waals surface area contributed by atoms with Gasteiger partial charge in [-0.15, -0.1) is 0 Å². The van der Waals surface area contributed by atoms with Crippen molar-refractivity contribution in [3.8, 4) is 5.75 Å². The maximum absolute atomic E-state index is 13.5. The number of hydrogen-bond acceptors (Lipinski definition) is 3. The summed E-state index contributed by atoms with van der Waals surface area (Å²) in [4.78, 5) is 11.2. The van der Waals surface area contributed by atoms with Gasteiger partial charge in [-0.25, -0.2) is 4.39 Å². The van der Waals surface area contributed by atoms with Gasteiger partial charge in [0, 0.05) is 11.6 Å². The molecule has 0 aliphatic carbocycles. The lowest BCUT2D eigenvalue weighted by Crippen LogP contribution is -2.37. The van der Waals surface area contributed by atoms with Crippen molar-refractivity contribution >= 4 is 5.91 Å². The summed E-state index contributed by atoms with van der Waals surface area (Å²) in [6, 6.07) is 14.1. The van der Waals surface area contributed by atoms with Crippen LogP contribution >= 0.6 is 0 Å². The van der Waals surface area contributed by atoms with Crippen LogP contribution in [0.3, 0.4) is 0 Å². The number of nitrogens with one attached hydrogen (secondary N) is 1. The number of benzene rings is 2. The number of carbonyl (C=O) groups excluding carboxylic acids is 1. The van der Waals surface area contributed by atoms with Crippen LogP contribution in [0.2, 0.25) is 0 Å². The van der Waals surface area contributed by atoms with Gasteiger partial charge in [0.25, 0.3) is 0 Å². The second kappa shape index (κ2) is 10.7. The van der Waals surface area contributed by atoms with E-state index in [1.54, 1.807) is 18.2 Å². The second-order valence-corrected chi connectivity index (χ2v) is 6.70. The molecule has 3 N–H and O–H groups in total. The maximum Gasteiger partial charge on any atom is 0.234 e. The molecule has 1 fully saturated rings. The highest BCUT2D eigenvalue weighted by Gasteiger charge is 2.28. The van der Waals surface area contributed by atoms with E-state index in [0.29, 0.717) is 11.3 Å². The Labute approximate surface area is 160 Å². The molecule has 2 atom stereocenters. The lowest BCUT2D eigenvalue weighted by molar-refractivity contribution is -0.119. The summed E-state index contributed by atoms with van der Waals surface area (Å²) < 4.78 is 19.2. The average Bonchev–Trinajstić information content (AvgIpc) is 3.18. The van der Waals surface area contributed by atoms with Crippen LogP contribution in [0.4, 0.5) is 4.39 Å². The van der Waals surface area contributed by atoms with Gasteiger partial charge in [0.05, 0.1) is 6.04 Å². The van der Waals surface area contributed by atoms with Crippen molar-refractivity contribution in [3.05, 3.63) is 65.5 Å². The topological polar surface area (TPSA) is 64.4 Å². The Kier molecular flexibility index (Phi) is 8.27. The highest BCUT2D eigenvalue weighted by Crippen LogP contribution is 2.28. The summed E-state index contributed by atoms with van der Waals surface area (Å²) in [5, 5.41) is 3.23. The van der Waals surface area contributed by atoms with Crippen molar-refractivity contribution in [2.24, 2.45) is 5.73 Å². The van der Waals surface area contributed by atoms with Crippen LogP contribution in [0.15, 0.2) is 48.5 Å². The van der Waals surface area contributed by atoms with E-state index in [1.165, 1.54) is 18.9 Å². The van der Waals surface area contributed by atoms with E-state index < -0.39 is 0 Å². The molecule has 27 heavy (non-hydrogen) atoms. The number of amides is 1. The van der Waals surface area contributed by atoms with Crippen molar-refractivity contribution < 1.29 is 13.9 Å². The van der Waals surface area contributed by atoms with Gasteiger partial charge in [-0.1, -0.05) is 57.0 Å². The molecule has 0 bridgehead atoms. The van der Waals surface area contributed by atoms with E-state index in [4.69, 9.17) is 10.5 Å². The first-order chi connectivity index (χ1) is 13.0. The largest absolute Gasteiger partial charge is 0.489 e. The van der Waals surface area contributed by atoms with E-state index in [-0.39, 0.29) is 30.4 Å². The highest BCUT2D eigenvalue weighted by molar-refractivity contribution is 5.80. The molecule has 0 radical (unpaired) electrons. The van der Waals surface area contributed by atoms with E-state index in [0.717, 1.165) is 18.4 Å². The van der Waals surface area contributed by atoms with Gasteiger partial charge in [-0.2, -0.15) is 0 Å². The van der Waals surface area contributed by atoms with E-state index >= 15 is 0 Å². The number of hydrogen-bond donors (Lipinski definition) is 2. The van der Waals surface area contributed by atoms with Gasteiger partial charge >= 0.3 is 0 Å². The summed E-state index contributed by atoms with van der Waals surface area (Å²) in [5.41, 5.74) is 6.93. The smallest absolute Gasteiger partial charge is 0.234 e. The normalized spacial score (nSPS) is 18.5. The fourth-order valence-corrected chi connectivity index (χ4v) is 2.80. The van der Waals surface area contributed by atoms with E-state index in [2.05, 4.69) is 19.2 Å². The molecular weight excluding hydrogens is 343 g/mol. The SMILES string of the molecule is CCCC.NC(=O)C1CCC(c2ccc(OCc3ccccc3F)cc2)N1. The average molecular weight is 372 g/mol. The van der Waals surface area contributed by atoms with Crippen LogP contribution < -0.4 is 15.8 Å². The molecule has 0 spiro atoms. The van der Waals surface area contributed by atoms with E-state index in [9.17, 15) is 9.18 Å². The molecule has 3 rings (SSSR count). The fourth-order valence-electron chi connectivity index (χ4n) is 2.80. The zero-order valence-electron chi connectivity index (χ0n) is 16.1. The molecule has 0 aromatic heterocycles. The Hall–Kier alpha value is -2.40. The Morgan fingerprint density at radius 2 is 1.78 bits per heavy atom. The summed E-state index contributed by atoms with van der Waals surface area (Å²) in [6.45, 7) is 4.55. The molecule has 1 saturated heterocycles. The number of primary amides is 1. The van der Waals surface area contributed by atoms with Crippen molar-refractivity contribution in [2.45, 2.75) is 58.2 Å². The number of carbonyl (C=O) groups is 1. The minimum Gasteiger partial charge on any atom is -0.489 e. The standard InChI is InChI=1S/C18H19FN2O2.C4H10/c19-15-4-2-1-3-13(15)11-23-14-7-5-12(6-8-14)16-9-10-17(21-16)18(20)22;1-3-4-2/h1-8,16-17,21H,9-11H2,(H2,20,22);3-4H2,1-2H3. The molecule has 146 valence electrons.